The molecule has 194 valence electrons. The molecule has 1 aromatic rings. The molecule has 7 heteroatoms. The van der Waals surface area contributed by atoms with Crippen LogP contribution in [-0.2, 0) is 15.6 Å². The maximum Gasteiger partial charge on any atom is 0.306 e. The van der Waals surface area contributed by atoms with E-state index in [2.05, 4.69) is 27.7 Å². The highest BCUT2D eigenvalue weighted by Crippen LogP contribution is 2.61. The van der Waals surface area contributed by atoms with Gasteiger partial charge in [-0.3, -0.25) is 13.8 Å². The Hall–Kier alpha value is -1.89. The number of aliphatic carboxylic acids is 1. The van der Waals surface area contributed by atoms with Crippen molar-refractivity contribution in [2.45, 2.75) is 77.5 Å². The number of phenolic OH excluding ortho intramolecular Hbond substituents is 1. The first-order chi connectivity index (χ1) is 16.4. The molecule has 2 saturated carbocycles. The van der Waals surface area contributed by atoms with Crippen LogP contribution in [0, 0.1) is 34.5 Å². The molecular weight excluding hydrogens is 462 g/mol. The van der Waals surface area contributed by atoms with Crippen LogP contribution >= 0.6 is 0 Å². The zero-order valence-electron chi connectivity index (χ0n) is 21.6. The molecule has 4 rings (SSSR count). The van der Waals surface area contributed by atoms with Gasteiger partial charge in [-0.25, -0.2) is 0 Å². The van der Waals surface area contributed by atoms with Gasteiger partial charge in [-0.2, -0.15) is 0 Å². The lowest BCUT2D eigenvalue weighted by molar-refractivity contribution is -0.143. The van der Waals surface area contributed by atoms with E-state index in [1.807, 2.05) is 0 Å². The number of hydrogen-bond donors (Lipinski definition) is 2. The van der Waals surface area contributed by atoms with E-state index in [1.54, 1.807) is 11.0 Å². The van der Waals surface area contributed by atoms with Crippen LogP contribution in [0.2, 0.25) is 0 Å². The van der Waals surface area contributed by atoms with Crippen LogP contribution < -0.4 is 0 Å². The smallest absolute Gasteiger partial charge is 0.306 e. The fourth-order valence-electron chi connectivity index (χ4n) is 7.58. The fraction of sp³-hybridized carbons (Fsp3) is 0.714. The van der Waals surface area contributed by atoms with Crippen molar-refractivity contribution in [2.75, 3.05) is 18.8 Å². The van der Waals surface area contributed by atoms with Crippen molar-refractivity contribution in [3.8, 4) is 5.75 Å². The van der Waals surface area contributed by atoms with Crippen LogP contribution in [-0.4, -0.2) is 50.0 Å². The maximum absolute atomic E-state index is 13.7. The molecule has 5 atom stereocenters. The van der Waals surface area contributed by atoms with Crippen LogP contribution in [0.5, 0.6) is 5.75 Å². The van der Waals surface area contributed by atoms with E-state index in [4.69, 9.17) is 0 Å². The number of hydrogen-bond acceptors (Lipinski definition) is 4. The van der Waals surface area contributed by atoms with Crippen molar-refractivity contribution in [1.29, 1.82) is 0 Å². The molecule has 1 saturated heterocycles. The van der Waals surface area contributed by atoms with Gasteiger partial charge in [-0.1, -0.05) is 40.5 Å². The summed E-state index contributed by atoms with van der Waals surface area (Å²) in [6, 6.07) is 4.62. The molecule has 2 N–H and O–H groups in total. The van der Waals surface area contributed by atoms with E-state index in [1.165, 1.54) is 37.8 Å². The molecule has 1 aromatic carbocycles. The van der Waals surface area contributed by atoms with Crippen LogP contribution in [0.25, 0.3) is 0 Å². The van der Waals surface area contributed by atoms with Crippen molar-refractivity contribution in [1.82, 2.24) is 4.90 Å². The molecule has 1 amide bonds. The number of piperidine rings is 1. The molecule has 3 aliphatic rings. The molecule has 1 heterocycles. The van der Waals surface area contributed by atoms with Gasteiger partial charge in [-0.05, 0) is 78.9 Å². The first kappa shape index (κ1) is 26.2. The second kappa shape index (κ2) is 9.87. The number of rotatable bonds is 5. The summed E-state index contributed by atoms with van der Waals surface area (Å²) >= 11 is 0. The highest BCUT2D eigenvalue weighted by Gasteiger charge is 2.54. The van der Waals surface area contributed by atoms with Crippen LogP contribution in [0.15, 0.2) is 23.1 Å². The lowest BCUT2D eigenvalue weighted by Gasteiger charge is -2.59. The number of carbonyl (C=O) groups is 2. The summed E-state index contributed by atoms with van der Waals surface area (Å²) in [6.45, 7) is 10.2. The molecule has 1 aliphatic heterocycles. The number of nitrogens with zero attached hydrogens (tertiary/aromatic N) is 1. The number of benzene rings is 1. The third-order valence-corrected chi connectivity index (χ3v) is 11.0. The maximum atomic E-state index is 13.7. The van der Waals surface area contributed by atoms with Gasteiger partial charge < -0.3 is 15.1 Å². The minimum atomic E-state index is -1.33. The van der Waals surface area contributed by atoms with Gasteiger partial charge in [0.15, 0.2) is 0 Å². The average Bonchev–Trinajstić information content (AvgIpc) is 2.80. The Morgan fingerprint density at radius 3 is 2.40 bits per heavy atom. The molecule has 0 aromatic heterocycles. The molecule has 6 nitrogen and oxygen atoms in total. The van der Waals surface area contributed by atoms with E-state index in [9.17, 15) is 24.0 Å². The third-order valence-electron chi connectivity index (χ3n) is 9.58. The Morgan fingerprint density at radius 2 is 1.74 bits per heavy atom. The van der Waals surface area contributed by atoms with Crippen molar-refractivity contribution < 1.29 is 24.0 Å². The van der Waals surface area contributed by atoms with Crippen molar-refractivity contribution in [3.05, 3.63) is 23.8 Å². The largest absolute Gasteiger partial charge is 0.508 e. The second-order valence-corrected chi connectivity index (χ2v) is 13.7. The Labute approximate surface area is 211 Å². The fourth-order valence-corrected chi connectivity index (χ4v) is 9.31. The molecule has 3 fully saturated rings. The lowest BCUT2D eigenvalue weighted by atomic mass is 9.47. The van der Waals surface area contributed by atoms with Gasteiger partial charge in [0, 0.05) is 29.3 Å². The van der Waals surface area contributed by atoms with Gasteiger partial charge in [-0.15, -0.1) is 0 Å². The predicted octanol–water partition coefficient (Wildman–Crippen LogP) is 5.32. The van der Waals surface area contributed by atoms with Gasteiger partial charge in [0.25, 0.3) is 5.91 Å². The van der Waals surface area contributed by atoms with E-state index >= 15 is 0 Å². The summed E-state index contributed by atoms with van der Waals surface area (Å²) in [6.07, 6.45) is 6.86. The lowest BCUT2D eigenvalue weighted by Crippen LogP contribution is -2.52. The number of aromatic hydroxyl groups is 1. The summed E-state index contributed by atoms with van der Waals surface area (Å²) < 4.78 is 13.7. The summed E-state index contributed by atoms with van der Waals surface area (Å²) in [7, 11) is -1.33. The zero-order chi connectivity index (χ0) is 25.5. The molecule has 0 radical (unpaired) electrons. The molecular formula is C28H41NO5S. The second-order valence-electron chi connectivity index (χ2n) is 12.2. The zero-order valence-corrected chi connectivity index (χ0v) is 22.4. The van der Waals surface area contributed by atoms with Crippen LogP contribution in [0.1, 0.15) is 83.0 Å². The Balaban J connectivity index is 1.52. The van der Waals surface area contributed by atoms with Gasteiger partial charge >= 0.3 is 5.97 Å². The number of carboxylic acid groups (broad SMARTS) is 1. The van der Waals surface area contributed by atoms with Gasteiger partial charge in [0.2, 0.25) is 0 Å². The van der Waals surface area contributed by atoms with E-state index in [-0.39, 0.29) is 17.1 Å². The molecule has 2 aliphatic carbocycles. The minimum absolute atomic E-state index is 0.0563. The van der Waals surface area contributed by atoms with Crippen LogP contribution in [0.3, 0.4) is 0 Å². The highest BCUT2D eigenvalue weighted by molar-refractivity contribution is 7.85. The van der Waals surface area contributed by atoms with Crippen molar-refractivity contribution in [2.24, 2.45) is 34.5 Å². The Morgan fingerprint density at radius 1 is 1.06 bits per heavy atom. The Kier molecular flexibility index (Phi) is 7.38. The summed E-state index contributed by atoms with van der Waals surface area (Å²) in [4.78, 5) is 26.5. The van der Waals surface area contributed by atoms with Crippen LogP contribution in [0.4, 0.5) is 0 Å². The topological polar surface area (TPSA) is 94.9 Å². The van der Waals surface area contributed by atoms with Gasteiger partial charge in [0.1, 0.15) is 5.75 Å². The van der Waals surface area contributed by atoms with E-state index in [0.717, 1.165) is 6.42 Å². The highest BCUT2D eigenvalue weighted by atomic mass is 32.2. The molecule has 35 heavy (non-hydrogen) atoms. The van der Waals surface area contributed by atoms with Crippen molar-refractivity contribution in [3.63, 3.8) is 0 Å². The normalized spacial score (nSPS) is 32.0. The number of carboxylic acids is 1. The minimum Gasteiger partial charge on any atom is -0.508 e. The number of fused-ring (bicyclic) bond motifs is 1. The number of likely N-dealkylation sites (tertiary alicyclic amines) is 1. The van der Waals surface area contributed by atoms with E-state index < -0.39 is 22.7 Å². The first-order valence-corrected chi connectivity index (χ1v) is 14.5. The quantitative estimate of drug-likeness (QED) is 0.567. The third kappa shape index (κ3) is 5.16. The Bertz CT molecular complexity index is 999. The van der Waals surface area contributed by atoms with Gasteiger partial charge in [0.05, 0.1) is 16.7 Å². The molecule has 0 spiro atoms. The summed E-state index contributed by atoms with van der Waals surface area (Å²) in [5, 5.41) is 19.6. The first-order valence-electron chi connectivity index (χ1n) is 13.2. The average molecular weight is 504 g/mol. The number of carbonyl (C=O) groups excluding carboxylic acids is 1. The molecule has 0 bridgehead atoms. The summed E-state index contributed by atoms with van der Waals surface area (Å²) in [5.41, 5.74) is 0.770. The standard InChI is InChI=1S/C28H41NO5S/c1-18-6-7-24-27(2,3)10-5-11-28(24,4)23(18)17-35(34)22-15-20(14-21(30)16-22)25(31)29-12-8-19(9-13-29)26(32)33/h14-16,18-19,23-24,30H,5-13,17H2,1-4H3,(H,32,33). The van der Waals surface area contributed by atoms with Crippen molar-refractivity contribution >= 4 is 22.7 Å². The van der Waals surface area contributed by atoms with E-state index in [0.29, 0.717) is 65.3 Å². The predicted molar refractivity (Wildman–Crippen MR) is 137 cm³/mol. The molecule has 5 unspecified atom stereocenters. The number of amides is 1. The monoisotopic (exact) mass is 503 g/mol. The SMILES string of the molecule is CC1CCC2C(C)(C)CCCC2(C)C1CS(=O)c1cc(O)cc(C(=O)N2CCC(C(=O)O)CC2)c1. The summed E-state index contributed by atoms with van der Waals surface area (Å²) in [5.74, 6) is 0.457. The number of phenols is 1.